The average molecular weight is 358 g/mol. The number of aromatic nitrogens is 2. The molecule has 0 spiro atoms. The standard InChI is InChI=1S/C19H20ClN3S/c1-12-8-9-14-15(10-12)24-18-16(14)17(21-19(20)22-18)23(2)11-13-6-4-3-5-7-13/h3-7,12H,8-11H2,1-2H3. The van der Waals surface area contributed by atoms with Crippen LogP contribution in [-0.4, -0.2) is 17.0 Å². The third kappa shape index (κ3) is 2.89. The molecule has 1 aliphatic rings. The largest absolute Gasteiger partial charge is 0.355 e. The number of halogens is 1. The molecular formula is C19H20ClN3S. The van der Waals surface area contributed by atoms with E-state index in [1.54, 1.807) is 11.3 Å². The molecule has 3 aromatic rings. The molecule has 0 saturated carbocycles. The molecule has 0 aliphatic heterocycles. The van der Waals surface area contributed by atoms with Crippen LogP contribution in [-0.2, 0) is 19.4 Å². The summed E-state index contributed by atoms with van der Waals surface area (Å²) in [7, 11) is 2.08. The summed E-state index contributed by atoms with van der Waals surface area (Å²) in [5.41, 5.74) is 2.71. The SMILES string of the molecule is CC1CCc2c(sc3nc(Cl)nc(N(C)Cc4ccccc4)c23)C1. The molecule has 3 nitrogen and oxygen atoms in total. The van der Waals surface area contributed by atoms with E-state index in [-0.39, 0.29) is 0 Å². The van der Waals surface area contributed by atoms with Gasteiger partial charge in [0.25, 0.3) is 0 Å². The molecule has 0 radical (unpaired) electrons. The van der Waals surface area contributed by atoms with Crippen LogP contribution in [0.15, 0.2) is 30.3 Å². The summed E-state index contributed by atoms with van der Waals surface area (Å²) in [5, 5.41) is 1.55. The van der Waals surface area contributed by atoms with Crippen LogP contribution in [0.2, 0.25) is 5.28 Å². The van der Waals surface area contributed by atoms with Gasteiger partial charge in [0.1, 0.15) is 10.6 Å². The minimum Gasteiger partial charge on any atom is -0.355 e. The molecule has 5 heteroatoms. The second kappa shape index (κ2) is 6.34. The zero-order valence-corrected chi connectivity index (χ0v) is 15.5. The van der Waals surface area contributed by atoms with Crippen molar-refractivity contribution in [3.05, 3.63) is 51.6 Å². The van der Waals surface area contributed by atoms with Gasteiger partial charge in [-0.25, -0.2) is 4.98 Å². The highest BCUT2D eigenvalue weighted by molar-refractivity contribution is 7.19. The Morgan fingerprint density at radius 2 is 2.04 bits per heavy atom. The quantitative estimate of drug-likeness (QED) is 0.610. The molecule has 0 saturated heterocycles. The van der Waals surface area contributed by atoms with Gasteiger partial charge in [-0.15, -0.1) is 11.3 Å². The van der Waals surface area contributed by atoms with Crippen molar-refractivity contribution in [1.29, 1.82) is 0 Å². The number of anilines is 1. The zero-order chi connectivity index (χ0) is 16.7. The summed E-state index contributed by atoms with van der Waals surface area (Å²) in [5.74, 6) is 1.71. The summed E-state index contributed by atoms with van der Waals surface area (Å²) in [6, 6.07) is 10.5. The van der Waals surface area contributed by atoms with Gasteiger partial charge in [-0.05, 0) is 47.9 Å². The van der Waals surface area contributed by atoms with Crippen LogP contribution < -0.4 is 4.90 Å². The summed E-state index contributed by atoms with van der Waals surface area (Å²) in [6.45, 7) is 3.14. The molecule has 124 valence electrons. The van der Waals surface area contributed by atoms with E-state index in [4.69, 9.17) is 11.6 Å². The topological polar surface area (TPSA) is 29.0 Å². The number of aryl methyl sites for hydroxylation is 1. The van der Waals surface area contributed by atoms with E-state index >= 15 is 0 Å². The van der Waals surface area contributed by atoms with Crippen LogP contribution in [0.1, 0.15) is 29.3 Å². The molecule has 4 rings (SSSR count). The molecular weight excluding hydrogens is 338 g/mol. The normalized spacial score (nSPS) is 17.0. The fourth-order valence-corrected chi connectivity index (χ4v) is 5.10. The van der Waals surface area contributed by atoms with Crippen molar-refractivity contribution in [3.63, 3.8) is 0 Å². The Labute approximate surface area is 151 Å². The van der Waals surface area contributed by atoms with E-state index in [0.717, 1.165) is 36.0 Å². The first-order chi connectivity index (χ1) is 11.6. The number of benzene rings is 1. The first kappa shape index (κ1) is 15.9. The molecule has 0 bridgehead atoms. The van der Waals surface area contributed by atoms with Crippen molar-refractivity contribution in [2.75, 3.05) is 11.9 Å². The van der Waals surface area contributed by atoms with Crippen LogP contribution in [0.4, 0.5) is 5.82 Å². The first-order valence-corrected chi connectivity index (χ1v) is 9.54. The van der Waals surface area contributed by atoms with Crippen molar-refractivity contribution < 1.29 is 0 Å². The second-order valence-corrected chi connectivity index (χ2v) is 8.11. The summed E-state index contributed by atoms with van der Waals surface area (Å²) < 4.78 is 0. The third-order valence-corrected chi connectivity index (χ3v) is 6.05. The molecule has 2 aromatic heterocycles. The van der Waals surface area contributed by atoms with Gasteiger partial charge in [-0.1, -0.05) is 37.3 Å². The molecule has 1 aliphatic carbocycles. The first-order valence-electron chi connectivity index (χ1n) is 8.34. The molecule has 1 unspecified atom stereocenters. The number of hydrogen-bond donors (Lipinski definition) is 0. The van der Waals surface area contributed by atoms with Gasteiger partial charge >= 0.3 is 0 Å². The number of hydrogen-bond acceptors (Lipinski definition) is 4. The molecule has 0 amide bonds. The maximum atomic E-state index is 6.22. The zero-order valence-electron chi connectivity index (χ0n) is 13.9. The van der Waals surface area contributed by atoms with Gasteiger partial charge in [-0.2, -0.15) is 4.98 Å². The van der Waals surface area contributed by atoms with Crippen LogP contribution in [0.25, 0.3) is 10.2 Å². The van der Waals surface area contributed by atoms with E-state index in [9.17, 15) is 0 Å². The van der Waals surface area contributed by atoms with E-state index in [2.05, 4.69) is 53.1 Å². The maximum Gasteiger partial charge on any atom is 0.225 e. The fraction of sp³-hybridized carbons (Fsp3) is 0.368. The van der Waals surface area contributed by atoms with Crippen molar-refractivity contribution in [3.8, 4) is 0 Å². The van der Waals surface area contributed by atoms with Gasteiger partial charge in [0.15, 0.2) is 0 Å². The Balaban J connectivity index is 1.79. The highest BCUT2D eigenvalue weighted by Gasteiger charge is 2.25. The van der Waals surface area contributed by atoms with E-state index in [1.165, 1.54) is 27.8 Å². The average Bonchev–Trinajstić information content (AvgIpc) is 2.91. The van der Waals surface area contributed by atoms with Gasteiger partial charge < -0.3 is 4.90 Å². The van der Waals surface area contributed by atoms with Gasteiger partial charge in [-0.3, -0.25) is 0 Å². The monoisotopic (exact) mass is 357 g/mol. The maximum absolute atomic E-state index is 6.22. The minimum absolute atomic E-state index is 0.337. The Morgan fingerprint density at radius 3 is 2.83 bits per heavy atom. The number of thiophene rings is 1. The van der Waals surface area contributed by atoms with Gasteiger partial charge in [0.2, 0.25) is 5.28 Å². The second-order valence-electron chi connectivity index (χ2n) is 6.69. The molecule has 1 atom stereocenters. The lowest BCUT2D eigenvalue weighted by Gasteiger charge is -2.22. The molecule has 2 heterocycles. The summed E-state index contributed by atoms with van der Waals surface area (Å²) in [4.78, 5) is 13.8. The van der Waals surface area contributed by atoms with Crippen molar-refractivity contribution >= 4 is 39.0 Å². The van der Waals surface area contributed by atoms with Gasteiger partial charge in [0, 0.05) is 18.5 Å². The molecule has 24 heavy (non-hydrogen) atoms. The lowest BCUT2D eigenvalue weighted by molar-refractivity contribution is 0.509. The Hall–Kier alpha value is -1.65. The highest BCUT2D eigenvalue weighted by atomic mass is 35.5. The molecule has 0 fully saturated rings. The Morgan fingerprint density at radius 1 is 1.25 bits per heavy atom. The Bertz CT molecular complexity index is 875. The van der Waals surface area contributed by atoms with E-state index in [0.29, 0.717) is 5.28 Å². The molecule has 1 aromatic carbocycles. The van der Waals surface area contributed by atoms with Crippen molar-refractivity contribution in [1.82, 2.24) is 9.97 Å². The summed E-state index contributed by atoms with van der Waals surface area (Å²) >= 11 is 8.01. The highest BCUT2D eigenvalue weighted by Crippen LogP contribution is 2.41. The predicted octanol–water partition coefficient (Wildman–Crippen LogP) is 5.11. The minimum atomic E-state index is 0.337. The van der Waals surface area contributed by atoms with E-state index in [1.807, 2.05) is 6.07 Å². The fourth-order valence-electron chi connectivity index (χ4n) is 3.51. The smallest absolute Gasteiger partial charge is 0.225 e. The lowest BCUT2D eigenvalue weighted by Crippen LogP contribution is -2.19. The van der Waals surface area contributed by atoms with Gasteiger partial charge in [0.05, 0.1) is 5.39 Å². The van der Waals surface area contributed by atoms with Crippen LogP contribution in [0.5, 0.6) is 0 Å². The summed E-state index contributed by atoms with van der Waals surface area (Å²) in [6.07, 6.45) is 3.51. The predicted molar refractivity (Wildman–Crippen MR) is 102 cm³/mol. The number of rotatable bonds is 3. The third-order valence-electron chi connectivity index (χ3n) is 4.73. The molecule has 0 N–H and O–H groups in total. The number of nitrogens with zero attached hydrogens (tertiary/aromatic N) is 3. The van der Waals surface area contributed by atoms with Crippen molar-refractivity contribution in [2.24, 2.45) is 5.92 Å². The van der Waals surface area contributed by atoms with Crippen LogP contribution in [0.3, 0.4) is 0 Å². The van der Waals surface area contributed by atoms with E-state index < -0.39 is 0 Å². The Kier molecular flexibility index (Phi) is 4.19. The lowest BCUT2D eigenvalue weighted by atomic mass is 9.89. The van der Waals surface area contributed by atoms with Crippen LogP contribution >= 0.6 is 22.9 Å². The van der Waals surface area contributed by atoms with Crippen LogP contribution in [0, 0.1) is 5.92 Å². The van der Waals surface area contributed by atoms with Crippen molar-refractivity contribution in [2.45, 2.75) is 32.7 Å². The number of fused-ring (bicyclic) bond motifs is 3.